The van der Waals surface area contributed by atoms with Crippen molar-refractivity contribution < 1.29 is 14.3 Å². The number of aryl methyl sites for hydroxylation is 1. The summed E-state index contributed by atoms with van der Waals surface area (Å²) in [4.78, 5) is 20.8. The number of amides is 2. The van der Waals surface area contributed by atoms with Gasteiger partial charge in [0.2, 0.25) is 0 Å². The number of hydrogen-bond donors (Lipinski definition) is 2. The van der Waals surface area contributed by atoms with Crippen LogP contribution in [0, 0.1) is 6.92 Å². The topological polar surface area (TPSA) is 120 Å². The molecule has 0 aliphatic rings. The van der Waals surface area contributed by atoms with Gasteiger partial charge in [-0.25, -0.2) is 31.5 Å². The van der Waals surface area contributed by atoms with Gasteiger partial charge in [0.25, 0.3) is 0 Å². The van der Waals surface area contributed by atoms with E-state index in [0.29, 0.717) is 23.0 Å². The lowest BCUT2D eigenvalue weighted by Crippen LogP contribution is -2.49. The summed E-state index contributed by atoms with van der Waals surface area (Å²) in [5.41, 5.74) is 3.04. The Morgan fingerprint density at radius 3 is 2.43 bits per heavy atom. The Bertz CT molecular complexity index is 1020. The third-order valence-corrected chi connectivity index (χ3v) is 4.49. The minimum atomic E-state index is -0.541. The molecule has 0 spiro atoms. The van der Waals surface area contributed by atoms with Crippen molar-refractivity contribution in [3.63, 3.8) is 0 Å². The molecular formula is C21H24N6O3. The van der Waals surface area contributed by atoms with Crippen LogP contribution in [0.5, 0.6) is 11.5 Å². The van der Waals surface area contributed by atoms with Crippen LogP contribution in [0.4, 0.5) is 10.5 Å². The second kappa shape index (κ2) is 9.21. The number of anilines is 1. The molecule has 9 nitrogen and oxygen atoms in total. The average Bonchev–Trinajstić information content (AvgIpc) is 2.77. The van der Waals surface area contributed by atoms with E-state index in [1.165, 1.54) is 7.05 Å². The van der Waals surface area contributed by atoms with Gasteiger partial charge in [0.05, 0.1) is 25.2 Å². The van der Waals surface area contributed by atoms with Gasteiger partial charge in [-0.2, -0.15) is 0 Å². The SMILES string of the molecule is COc1cnc(-c2cccc(OCc3c(C)cccc3N(N)C(=O)N(C)N)c2)nc1. The number of nitrogens with zero attached hydrogens (tertiary/aromatic N) is 4. The first-order valence-corrected chi connectivity index (χ1v) is 9.15. The van der Waals surface area contributed by atoms with E-state index >= 15 is 0 Å². The monoisotopic (exact) mass is 408 g/mol. The molecule has 0 aliphatic heterocycles. The first-order valence-electron chi connectivity index (χ1n) is 9.15. The second-order valence-electron chi connectivity index (χ2n) is 6.60. The van der Waals surface area contributed by atoms with Crippen molar-refractivity contribution in [1.29, 1.82) is 0 Å². The fraction of sp³-hybridized carbons (Fsp3) is 0.190. The molecule has 30 heavy (non-hydrogen) atoms. The van der Waals surface area contributed by atoms with Gasteiger partial charge < -0.3 is 9.47 Å². The maximum atomic E-state index is 12.2. The Kier molecular flexibility index (Phi) is 6.45. The molecule has 0 unspecified atom stereocenters. The molecule has 0 radical (unpaired) electrons. The summed E-state index contributed by atoms with van der Waals surface area (Å²) in [5.74, 6) is 13.3. The minimum Gasteiger partial charge on any atom is -0.494 e. The van der Waals surface area contributed by atoms with Gasteiger partial charge in [0.1, 0.15) is 12.4 Å². The lowest BCUT2D eigenvalue weighted by molar-refractivity contribution is 0.216. The Hall–Kier alpha value is -3.69. The Morgan fingerprint density at radius 1 is 1.07 bits per heavy atom. The highest BCUT2D eigenvalue weighted by molar-refractivity contribution is 5.91. The summed E-state index contributed by atoms with van der Waals surface area (Å²) in [6.07, 6.45) is 3.22. The fourth-order valence-electron chi connectivity index (χ4n) is 2.82. The van der Waals surface area contributed by atoms with Gasteiger partial charge in [-0.1, -0.05) is 24.3 Å². The van der Waals surface area contributed by atoms with Crippen molar-refractivity contribution >= 4 is 11.7 Å². The van der Waals surface area contributed by atoms with Gasteiger partial charge in [-0.15, -0.1) is 0 Å². The molecule has 0 saturated carbocycles. The average molecular weight is 408 g/mol. The third-order valence-electron chi connectivity index (χ3n) is 4.49. The van der Waals surface area contributed by atoms with E-state index in [1.54, 1.807) is 25.6 Å². The highest BCUT2D eigenvalue weighted by Crippen LogP contribution is 2.26. The van der Waals surface area contributed by atoms with Crippen LogP contribution in [-0.2, 0) is 6.61 Å². The standard InChI is InChI=1S/C21H24N6O3/c1-14-6-4-9-19(27(23)21(28)26(2)22)18(14)13-30-16-8-5-7-15(10-16)20-24-11-17(29-3)12-25-20/h4-12H,13,22-23H2,1-3H3. The molecule has 0 fully saturated rings. The summed E-state index contributed by atoms with van der Waals surface area (Å²) >= 11 is 0. The number of ether oxygens (including phenoxy) is 2. The molecule has 4 N–H and O–H groups in total. The highest BCUT2D eigenvalue weighted by atomic mass is 16.5. The molecule has 1 heterocycles. The van der Waals surface area contributed by atoms with Crippen molar-refractivity contribution in [2.45, 2.75) is 13.5 Å². The second-order valence-corrected chi connectivity index (χ2v) is 6.60. The van der Waals surface area contributed by atoms with E-state index in [2.05, 4.69) is 9.97 Å². The minimum absolute atomic E-state index is 0.212. The largest absolute Gasteiger partial charge is 0.494 e. The van der Waals surface area contributed by atoms with Crippen LogP contribution < -0.4 is 26.2 Å². The van der Waals surface area contributed by atoms with E-state index in [0.717, 1.165) is 26.7 Å². The number of hydrogen-bond acceptors (Lipinski definition) is 7. The van der Waals surface area contributed by atoms with Gasteiger partial charge in [0.15, 0.2) is 11.6 Å². The molecule has 0 atom stereocenters. The van der Waals surface area contributed by atoms with Crippen LogP contribution in [0.3, 0.4) is 0 Å². The highest BCUT2D eigenvalue weighted by Gasteiger charge is 2.19. The summed E-state index contributed by atoms with van der Waals surface area (Å²) < 4.78 is 11.1. The van der Waals surface area contributed by atoms with Crippen LogP contribution in [0.1, 0.15) is 11.1 Å². The van der Waals surface area contributed by atoms with Crippen LogP contribution in [0.25, 0.3) is 11.4 Å². The van der Waals surface area contributed by atoms with Gasteiger partial charge in [0, 0.05) is 18.2 Å². The predicted octanol–water partition coefficient (Wildman–Crippen LogP) is 2.65. The third kappa shape index (κ3) is 4.65. The maximum Gasteiger partial charge on any atom is 0.352 e. The number of benzene rings is 2. The number of aromatic nitrogens is 2. The first kappa shape index (κ1) is 21.0. The number of urea groups is 1. The number of nitrogens with two attached hydrogens (primary N) is 2. The van der Waals surface area contributed by atoms with Crippen molar-refractivity contribution in [2.75, 3.05) is 19.2 Å². The van der Waals surface area contributed by atoms with Crippen molar-refractivity contribution in [2.24, 2.45) is 11.7 Å². The van der Waals surface area contributed by atoms with Crippen molar-refractivity contribution in [3.8, 4) is 22.9 Å². The Morgan fingerprint density at radius 2 is 1.77 bits per heavy atom. The Balaban J connectivity index is 1.81. The van der Waals surface area contributed by atoms with Crippen LogP contribution in [0.2, 0.25) is 0 Å². The summed E-state index contributed by atoms with van der Waals surface area (Å²) in [6, 6.07) is 12.4. The van der Waals surface area contributed by atoms with Crippen LogP contribution >= 0.6 is 0 Å². The predicted molar refractivity (Wildman–Crippen MR) is 114 cm³/mol. The van der Waals surface area contributed by atoms with E-state index in [-0.39, 0.29) is 6.61 Å². The van der Waals surface area contributed by atoms with Crippen LogP contribution in [-0.4, -0.2) is 35.2 Å². The number of carbonyl (C=O) groups excluding carboxylic acids is 1. The molecule has 9 heteroatoms. The van der Waals surface area contributed by atoms with E-state index in [4.69, 9.17) is 21.2 Å². The van der Waals surface area contributed by atoms with E-state index in [9.17, 15) is 4.79 Å². The van der Waals surface area contributed by atoms with Gasteiger partial charge in [-0.05, 0) is 30.7 Å². The first-order chi connectivity index (χ1) is 14.4. The molecule has 0 aliphatic carbocycles. The van der Waals surface area contributed by atoms with Gasteiger partial charge >= 0.3 is 6.03 Å². The summed E-state index contributed by atoms with van der Waals surface area (Å²) in [6.45, 7) is 2.14. The zero-order valence-electron chi connectivity index (χ0n) is 17.1. The quantitative estimate of drug-likeness (QED) is 0.365. The molecule has 2 aromatic carbocycles. The van der Waals surface area contributed by atoms with Crippen LogP contribution in [0.15, 0.2) is 54.9 Å². The summed E-state index contributed by atoms with van der Waals surface area (Å²) in [5, 5.41) is 1.93. The van der Waals surface area contributed by atoms with Crippen molar-refractivity contribution in [3.05, 3.63) is 66.0 Å². The molecule has 3 rings (SSSR count). The van der Waals surface area contributed by atoms with Gasteiger partial charge in [-0.3, -0.25) is 5.01 Å². The molecule has 156 valence electrons. The zero-order chi connectivity index (χ0) is 21.7. The molecule has 1 aromatic heterocycles. The van der Waals surface area contributed by atoms with E-state index in [1.807, 2.05) is 43.3 Å². The van der Waals surface area contributed by atoms with E-state index < -0.39 is 6.03 Å². The zero-order valence-corrected chi connectivity index (χ0v) is 17.1. The normalized spacial score (nSPS) is 10.4. The number of rotatable bonds is 6. The smallest absolute Gasteiger partial charge is 0.352 e. The molecular weight excluding hydrogens is 384 g/mol. The lowest BCUT2D eigenvalue weighted by atomic mass is 10.1. The Labute approximate surface area is 174 Å². The molecule has 0 bridgehead atoms. The number of hydrazine groups is 2. The fourth-order valence-corrected chi connectivity index (χ4v) is 2.82. The molecule has 0 saturated heterocycles. The maximum absolute atomic E-state index is 12.2. The lowest BCUT2D eigenvalue weighted by Gasteiger charge is -2.24. The number of carbonyl (C=O) groups is 1. The van der Waals surface area contributed by atoms with Crippen molar-refractivity contribution in [1.82, 2.24) is 15.0 Å². The molecule has 3 aromatic rings. The number of methoxy groups -OCH3 is 1. The summed E-state index contributed by atoms with van der Waals surface area (Å²) in [7, 11) is 3.00. The molecule has 2 amide bonds.